The minimum atomic E-state index is -0.230. The standard InChI is InChI=1S/C22H28N6O3S/c1-4-32-22-25-19(27-11-5-6-12-27)16-14-24-28(20(16)26-22)13-10-23-21(29)15-8-7-9-17(30-2)18(15)31-3/h7-9,14H,4-6,10-13H2,1-3H3,(H,23,29). The van der Waals surface area contributed by atoms with Crippen LogP contribution in [0.15, 0.2) is 29.6 Å². The van der Waals surface area contributed by atoms with Gasteiger partial charge in [-0.1, -0.05) is 24.8 Å². The fourth-order valence-electron chi connectivity index (χ4n) is 3.88. The molecule has 170 valence electrons. The Labute approximate surface area is 191 Å². The Balaban J connectivity index is 1.52. The van der Waals surface area contributed by atoms with Crippen LogP contribution in [-0.4, -0.2) is 65.3 Å². The highest BCUT2D eigenvalue weighted by Gasteiger charge is 2.21. The third kappa shape index (κ3) is 4.45. The lowest BCUT2D eigenvalue weighted by atomic mass is 10.1. The van der Waals surface area contributed by atoms with E-state index in [1.54, 1.807) is 37.1 Å². The zero-order chi connectivity index (χ0) is 22.5. The number of thioether (sulfide) groups is 1. The molecule has 9 nitrogen and oxygen atoms in total. The van der Waals surface area contributed by atoms with E-state index in [2.05, 4.69) is 22.2 Å². The number of anilines is 1. The quantitative estimate of drug-likeness (QED) is 0.388. The molecule has 3 heterocycles. The van der Waals surface area contributed by atoms with Crippen molar-refractivity contribution in [2.75, 3.05) is 44.5 Å². The first-order chi connectivity index (χ1) is 15.7. The predicted octanol–water partition coefficient (Wildman–Crippen LogP) is 2.99. The molecule has 1 fully saturated rings. The number of methoxy groups -OCH3 is 2. The molecular weight excluding hydrogens is 428 g/mol. The molecule has 0 unspecified atom stereocenters. The topological polar surface area (TPSA) is 94.4 Å². The van der Waals surface area contributed by atoms with Gasteiger partial charge in [0.05, 0.1) is 37.9 Å². The summed E-state index contributed by atoms with van der Waals surface area (Å²) < 4.78 is 12.5. The molecule has 0 spiro atoms. The number of hydrogen-bond donors (Lipinski definition) is 1. The summed E-state index contributed by atoms with van der Waals surface area (Å²) >= 11 is 1.62. The molecule has 1 aliphatic heterocycles. The van der Waals surface area contributed by atoms with Crippen LogP contribution in [0.25, 0.3) is 11.0 Å². The second kappa shape index (κ2) is 10.1. The number of hydrogen-bond acceptors (Lipinski definition) is 8. The first kappa shape index (κ1) is 22.2. The van der Waals surface area contributed by atoms with Crippen LogP contribution in [0.4, 0.5) is 5.82 Å². The number of nitrogens with zero attached hydrogens (tertiary/aromatic N) is 5. The van der Waals surface area contributed by atoms with Gasteiger partial charge in [-0.3, -0.25) is 4.79 Å². The van der Waals surface area contributed by atoms with E-state index in [9.17, 15) is 4.79 Å². The van der Waals surface area contributed by atoms with E-state index in [0.29, 0.717) is 30.2 Å². The van der Waals surface area contributed by atoms with Crippen LogP contribution in [0.2, 0.25) is 0 Å². The van der Waals surface area contributed by atoms with Crippen LogP contribution < -0.4 is 19.7 Å². The Morgan fingerprint density at radius 1 is 1.19 bits per heavy atom. The van der Waals surface area contributed by atoms with Gasteiger partial charge in [0.25, 0.3) is 5.91 Å². The maximum atomic E-state index is 12.7. The number of carbonyl (C=O) groups is 1. The molecule has 4 rings (SSSR count). The summed E-state index contributed by atoms with van der Waals surface area (Å²) in [6.07, 6.45) is 4.18. The average molecular weight is 457 g/mol. The zero-order valence-corrected chi connectivity index (χ0v) is 19.4. The Morgan fingerprint density at radius 2 is 2.00 bits per heavy atom. The first-order valence-electron chi connectivity index (χ1n) is 10.8. The van der Waals surface area contributed by atoms with Crippen molar-refractivity contribution in [1.82, 2.24) is 25.1 Å². The van der Waals surface area contributed by atoms with Gasteiger partial charge in [-0.2, -0.15) is 5.10 Å². The number of para-hydroxylation sites is 1. The lowest BCUT2D eigenvalue weighted by Gasteiger charge is -2.17. The molecule has 0 radical (unpaired) electrons. The van der Waals surface area contributed by atoms with Gasteiger partial charge in [0, 0.05) is 19.6 Å². The number of rotatable bonds is 9. The smallest absolute Gasteiger partial charge is 0.255 e. The highest BCUT2D eigenvalue weighted by molar-refractivity contribution is 7.99. The molecule has 1 saturated heterocycles. The average Bonchev–Trinajstić information content (AvgIpc) is 3.49. The second-order valence-corrected chi connectivity index (χ2v) is 8.59. The summed E-state index contributed by atoms with van der Waals surface area (Å²) in [4.78, 5) is 24.6. The number of benzene rings is 1. The molecule has 0 atom stereocenters. The molecule has 3 aromatic rings. The van der Waals surface area contributed by atoms with Crippen LogP contribution in [0.5, 0.6) is 11.5 Å². The highest BCUT2D eigenvalue weighted by Crippen LogP contribution is 2.31. The number of amides is 1. The van der Waals surface area contributed by atoms with Gasteiger partial charge >= 0.3 is 0 Å². The maximum Gasteiger partial charge on any atom is 0.255 e. The Bertz CT molecular complexity index is 1100. The predicted molar refractivity (Wildman–Crippen MR) is 125 cm³/mol. The molecular formula is C22H28N6O3S. The van der Waals surface area contributed by atoms with E-state index < -0.39 is 0 Å². The van der Waals surface area contributed by atoms with Crippen molar-refractivity contribution in [1.29, 1.82) is 0 Å². The van der Waals surface area contributed by atoms with E-state index in [1.165, 1.54) is 20.0 Å². The van der Waals surface area contributed by atoms with E-state index in [-0.39, 0.29) is 5.91 Å². The summed E-state index contributed by atoms with van der Waals surface area (Å²) in [6.45, 7) is 4.99. The Morgan fingerprint density at radius 3 is 2.72 bits per heavy atom. The van der Waals surface area contributed by atoms with Crippen molar-refractivity contribution in [2.45, 2.75) is 31.5 Å². The summed E-state index contributed by atoms with van der Waals surface area (Å²) in [5.74, 6) is 2.57. The minimum Gasteiger partial charge on any atom is -0.493 e. The number of nitrogens with one attached hydrogen (secondary N) is 1. The largest absolute Gasteiger partial charge is 0.493 e. The second-order valence-electron chi connectivity index (χ2n) is 7.36. The molecule has 2 aromatic heterocycles. The van der Waals surface area contributed by atoms with Crippen molar-refractivity contribution in [3.8, 4) is 11.5 Å². The third-order valence-electron chi connectivity index (χ3n) is 5.39. The number of aromatic nitrogens is 4. The molecule has 0 bridgehead atoms. The highest BCUT2D eigenvalue weighted by atomic mass is 32.2. The van der Waals surface area contributed by atoms with Crippen LogP contribution in [0, 0.1) is 0 Å². The molecule has 0 saturated carbocycles. The molecule has 1 N–H and O–H groups in total. The van der Waals surface area contributed by atoms with Gasteiger partial charge < -0.3 is 19.7 Å². The van der Waals surface area contributed by atoms with Gasteiger partial charge in [-0.25, -0.2) is 14.6 Å². The van der Waals surface area contributed by atoms with Crippen molar-refractivity contribution >= 4 is 34.5 Å². The van der Waals surface area contributed by atoms with Gasteiger partial charge in [-0.05, 0) is 30.7 Å². The number of carbonyl (C=O) groups excluding carboxylic acids is 1. The van der Waals surface area contributed by atoms with E-state index >= 15 is 0 Å². The van der Waals surface area contributed by atoms with E-state index in [1.807, 2.05) is 10.9 Å². The molecule has 0 aliphatic carbocycles. The lowest BCUT2D eigenvalue weighted by Crippen LogP contribution is -2.28. The summed E-state index contributed by atoms with van der Waals surface area (Å²) in [5, 5.41) is 9.19. The van der Waals surface area contributed by atoms with Crippen molar-refractivity contribution in [2.24, 2.45) is 0 Å². The number of ether oxygens (including phenoxy) is 2. The third-order valence-corrected chi connectivity index (χ3v) is 6.12. The number of fused-ring (bicyclic) bond motifs is 1. The Kier molecular flexibility index (Phi) is 6.99. The Hall–Kier alpha value is -3.01. The summed E-state index contributed by atoms with van der Waals surface area (Å²) in [5.41, 5.74) is 1.23. The van der Waals surface area contributed by atoms with E-state index in [4.69, 9.17) is 19.4 Å². The lowest BCUT2D eigenvalue weighted by molar-refractivity contribution is 0.0948. The summed E-state index contributed by atoms with van der Waals surface area (Å²) in [6, 6.07) is 5.24. The van der Waals surface area contributed by atoms with Crippen molar-refractivity contribution < 1.29 is 14.3 Å². The molecule has 1 amide bonds. The fourth-order valence-corrected chi connectivity index (χ4v) is 4.44. The maximum absolute atomic E-state index is 12.7. The molecule has 1 aliphatic rings. The van der Waals surface area contributed by atoms with Gasteiger partial charge in [-0.15, -0.1) is 0 Å². The SMILES string of the molecule is CCSc1nc(N2CCCC2)c2cnn(CCNC(=O)c3cccc(OC)c3OC)c2n1. The van der Waals surface area contributed by atoms with Crippen LogP contribution in [-0.2, 0) is 6.54 Å². The summed E-state index contributed by atoms with van der Waals surface area (Å²) in [7, 11) is 3.07. The van der Waals surface area contributed by atoms with Gasteiger partial charge in [0.2, 0.25) is 0 Å². The fraction of sp³-hybridized carbons (Fsp3) is 0.455. The van der Waals surface area contributed by atoms with Crippen molar-refractivity contribution in [3.63, 3.8) is 0 Å². The minimum absolute atomic E-state index is 0.230. The van der Waals surface area contributed by atoms with Gasteiger partial charge in [0.1, 0.15) is 5.82 Å². The van der Waals surface area contributed by atoms with Crippen molar-refractivity contribution in [3.05, 3.63) is 30.0 Å². The van der Waals surface area contributed by atoms with E-state index in [0.717, 1.165) is 40.9 Å². The van der Waals surface area contributed by atoms with Crippen LogP contribution >= 0.6 is 11.8 Å². The normalized spacial score (nSPS) is 13.5. The molecule has 10 heteroatoms. The molecule has 32 heavy (non-hydrogen) atoms. The van der Waals surface area contributed by atoms with Crippen LogP contribution in [0.3, 0.4) is 0 Å². The van der Waals surface area contributed by atoms with Gasteiger partial charge in [0.15, 0.2) is 22.3 Å². The zero-order valence-electron chi connectivity index (χ0n) is 18.6. The van der Waals surface area contributed by atoms with Crippen LogP contribution in [0.1, 0.15) is 30.1 Å². The first-order valence-corrected chi connectivity index (χ1v) is 11.7. The molecule has 1 aromatic carbocycles. The monoisotopic (exact) mass is 456 g/mol.